The molecule has 21 heavy (non-hydrogen) atoms. The summed E-state index contributed by atoms with van der Waals surface area (Å²) in [4.78, 5) is 14.4. The molecule has 4 nitrogen and oxygen atoms in total. The number of urea groups is 1. The molecular formula is C16H24ClN3O. The first kappa shape index (κ1) is 16.1. The third-order valence-electron chi connectivity index (χ3n) is 3.77. The van der Waals surface area contributed by atoms with E-state index in [1.807, 2.05) is 17.0 Å². The maximum Gasteiger partial charge on any atom is 0.321 e. The first-order valence-electron chi connectivity index (χ1n) is 7.74. The minimum Gasteiger partial charge on any atom is -0.323 e. The Morgan fingerprint density at radius 2 is 2.19 bits per heavy atom. The SMILES string of the molecule is CCCCN(CC1CCCN1)C(=O)Nc1ccc(Cl)cc1. The predicted octanol–water partition coefficient (Wildman–Crippen LogP) is 3.73. The molecule has 116 valence electrons. The molecule has 2 amide bonds. The van der Waals surface area contributed by atoms with Crippen molar-refractivity contribution < 1.29 is 4.79 Å². The molecule has 1 heterocycles. The zero-order chi connectivity index (χ0) is 15.1. The van der Waals surface area contributed by atoms with Gasteiger partial charge in [0.1, 0.15) is 0 Å². The average Bonchev–Trinajstić information content (AvgIpc) is 2.98. The Labute approximate surface area is 131 Å². The molecule has 0 radical (unpaired) electrons. The van der Waals surface area contributed by atoms with Crippen LogP contribution in [0.2, 0.25) is 5.02 Å². The molecule has 5 heteroatoms. The number of halogens is 1. The van der Waals surface area contributed by atoms with Crippen molar-refractivity contribution in [1.29, 1.82) is 0 Å². The van der Waals surface area contributed by atoms with Crippen molar-refractivity contribution in [2.24, 2.45) is 0 Å². The van der Waals surface area contributed by atoms with Crippen molar-refractivity contribution in [3.05, 3.63) is 29.3 Å². The number of anilines is 1. The molecule has 1 aliphatic rings. The Hall–Kier alpha value is -1.26. The highest BCUT2D eigenvalue weighted by atomic mass is 35.5. The van der Waals surface area contributed by atoms with Gasteiger partial charge in [0.2, 0.25) is 0 Å². The van der Waals surface area contributed by atoms with Gasteiger partial charge in [-0.3, -0.25) is 0 Å². The van der Waals surface area contributed by atoms with E-state index >= 15 is 0 Å². The number of carbonyl (C=O) groups is 1. The van der Waals surface area contributed by atoms with Gasteiger partial charge in [-0.25, -0.2) is 4.79 Å². The molecule has 0 spiro atoms. The summed E-state index contributed by atoms with van der Waals surface area (Å²) < 4.78 is 0. The maximum atomic E-state index is 12.4. The van der Waals surface area contributed by atoms with E-state index in [2.05, 4.69) is 17.6 Å². The van der Waals surface area contributed by atoms with Gasteiger partial charge in [-0.15, -0.1) is 0 Å². The van der Waals surface area contributed by atoms with E-state index in [9.17, 15) is 4.79 Å². The predicted molar refractivity (Wildman–Crippen MR) is 88.0 cm³/mol. The van der Waals surface area contributed by atoms with E-state index in [1.165, 1.54) is 6.42 Å². The molecule has 1 saturated heterocycles. The van der Waals surface area contributed by atoms with Crippen LogP contribution in [0.25, 0.3) is 0 Å². The minimum absolute atomic E-state index is 0.0283. The maximum absolute atomic E-state index is 12.4. The molecule has 2 rings (SSSR count). The highest BCUT2D eigenvalue weighted by molar-refractivity contribution is 6.30. The fourth-order valence-corrected chi connectivity index (χ4v) is 2.67. The molecule has 0 saturated carbocycles. The zero-order valence-corrected chi connectivity index (χ0v) is 13.3. The van der Waals surface area contributed by atoms with Crippen LogP contribution in [0.15, 0.2) is 24.3 Å². The highest BCUT2D eigenvalue weighted by Gasteiger charge is 2.21. The van der Waals surface area contributed by atoms with E-state index in [0.717, 1.165) is 44.6 Å². The van der Waals surface area contributed by atoms with Gasteiger partial charge in [0.15, 0.2) is 0 Å². The summed E-state index contributed by atoms with van der Waals surface area (Å²) in [6, 6.07) is 7.62. The summed E-state index contributed by atoms with van der Waals surface area (Å²) in [5.74, 6) is 0. The van der Waals surface area contributed by atoms with Crippen molar-refractivity contribution in [2.45, 2.75) is 38.6 Å². The first-order chi connectivity index (χ1) is 10.2. The van der Waals surface area contributed by atoms with Crippen molar-refractivity contribution in [3.63, 3.8) is 0 Å². The first-order valence-corrected chi connectivity index (χ1v) is 8.11. The molecular weight excluding hydrogens is 286 g/mol. The Balaban J connectivity index is 1.93. The fourth-order valence-electron chi connectivity index (χ4n) is 2.54. The Bertz CT molecular complexity index is 443. The summed E-state index contributed by atoms with van der Waals surface area (Å²) in [6.07, 6.45) is 4.46. The highest BCUT2D eigenvalue weighted by Crippen LogP contribution is 2.15. The van der Waals surface area contributed by atoms with Crippen LogP contribution in [-0.2, 0) is 0 Å². The Morgan fingerprint density at radius 3 is 2.81 bits per heavy atom. The van der Waals surface area contributed by atoms with Gasteiger partial charge in [-0.2, -0.15) is 0 Å². The van der Waals surface area contributed by atoms with Crippen molar-refractivity contribution in [2.75, 3.05) is 25.0 Å². The van der Waals surface area contributed by atoms with Crippen LogP contribution in [0.5, 0.6) is 0 Å². The molecule has 1 atom stereocenters. The number of nitrogens with one attached hydrogen (secondary N) is 2. The lowest BCUT2D eigenvalue weighted by Gasteiger charge is -2.26. The lowest BCUT2D eigenvalue weighted by atomic mass is 10.2. The van der Waals surface area contributed by atoms with E-state index in [4.69, 9.17) is 11.6 Å². The largest absolute Gasteiger partial charge is 0.323 e. The Kier molecular flexibility index (Phi) is 6.33. The normalized spacial score (nSPS) is 17.7. The van der Waals surface area contributed by atoms with Crippen LogP contribution in [-0.4, -0.2) is 36.6 Å². The quantitative estimate of drug-likeness (QED) is 0.841. The topological polar surface area (TPSA) is 44.4 Å². The van der Waals surface area contributed by atoms with Gasteiger partial charge in [0.25, 0.3) is 0 Å². The second kappa shape index (κ2) is 8.25. The average molecular weight is 310 g/mol. The van der Waals surface area contributed by atoms with Gasteiger partial charge in [0, 0.05) is 29.8 Å². The Morgan fingerprint density at radius 1 is 1.43 bits per heavy atom. The number of unbranched alkanes of at least 4 members (excludes halogenated alkanes) is 1. The van der Waals surface area contributed by atoms with Crippen LogP contribution in [0.1, 0.15) is 32.6 Å². The summed E-state index contributed by atoms with van der Waals surface area (Å²) in [5.41, 5.74) is 0.783. The summed E-state index contributed by atoms with van der Waals surface area (Å²) in [7, 11) is 0. The van der Waals surface area contributed by atoms with E-state index in [-0.39, 0.29) is 6.03 Å². The van der Waals surface area contributed by atoms with Crippen molar-refractivity contribution in [1.82, 2.24) is 10.2 Å². The van der Waals surface area contributed by atoms with Gasteiger partial charge < -0.3 is 15.5 Å². The molecule has 1 unspecified atom stereocenters. The van der Waals surface area contributed by atoms with E-state index < -0.39 is 0 Å². The molecule has 1 aliphatic heterocycles. The number of nitrogens with zero attached hydrogens (tertiary/aromatic N) is 1. The summed E-state index contributed by atoms with van der Waals surface area (Å²) in [6.45, 7) is 4.78. The fraction of sp³-hybridized carbons (Fsp3) is 0.562. The summed E-state index contributed by atoms with van der Waals surface area (Å²) >= 11 is 5.86. The number of rotatable bonds is 6. The molecule has 1 aromatic carbocycles. The monoisotopic (exact) mass is 309 g/mol. The number of amides is 2. The number of hydrogen-bond donors (Lipinski definition) is 2. The standard InChI is InChI=1S/C16H24ClN3O/c1-2-3-11-20(12-15-5-4-10-18-15)16(21)19-14-8-6-13(17)7-9-14/h6-9,15,18H,2-5,10-12H2,1H3,(H,19,21). The van der Waals surface area contributed by atoms with Gasteiger partial charge in [-0.1, -0.05) is 24.9 Å². The van der Waals surface area contributed by atoms with Crippen LogP contribution >= 0.6 is 11.6 Å². The molecule has 0 aromatic heterocycles. The number of carbonyl (C=O) groups excluding carboxylic acids is 1. The minimum atomic E-state index is -0.0283. The second-order valence-corrected chi connectivity index (χ2v) is 5.97. The van der Waals surface area contributed by atoms with Gasteiger partial charge >= 0.3 is 6.03 Å². The molecule has 0 bridgehead atoms. The van der Waals surface area contributed by atoms with Crippen LogP contribution in [0, 0.1) is 0 Å². The van der Waals surface area contributed by atoms with E-state index in [0.29, 0.717) is 11.1 Å². The lowest BCUT2D eigenvalue weighted by molar-refractivity contribution is 0.205. The zero-order valence-electron chi connectivity index (χ0n) is 12.6. The van der Waals surface area contributed by atoms with Gasteiger partial charge in [0.05, 0.1) is 0 Å². The third kappa shape index (κ3) is 5.21. The van der Waals surface area contributed by atoms with Crippen molar-refractivity contribution >= 4 is 23.3 Å². The molecule has 1 aromatic rings. The van der Waals surface area contributed by atoms with Gasteiger partial charge in [-0.05, 0) is 50.1 Å². The molecule has 0 aliphatic carbocycles. The van der Waals surface area contributed by atoms with Crippen LogP contribution < -0.4 is 10.6 Å². The van der Waals surface area contributed by atoms with E-state index in [1.54, 1.807) is 12.1 Å². The number of benzene rings is 1. The smallest absolute Gasteiger partial charge is 0.321 e. The molecule has 2 N–H and O–H groups in total. The number of hydrogen-bond acceptors (Lipinski definition) is 2. The van der Waals surface area contributed by atoms with Crippen molar-refractivity contribution in [3.8, 4) is 0 Å². The third-order valence-corrected chi connectivity index (χ3v) is 4.02. The summed E-state index contributed by atoms with van der Waals surface area (Å²) in [5, 5.41) is 7.08. The van der Waals surface area contributed by atoms with Crippen LogP contribution in [0.3, 0.4) is 0 Å². The lowest BCUT2D eigenvalue weighted by Crippen LogP contribution is -2.43. The van der Waals surface area contributed by atoms with Crippen LogP contribution in [0.4, 0.5) is 10.5 Å². The second-order valence-electron chi connectivity index (χ2n) is 5.53. The molecule has 1 fully saturated rings.